The van der Waals surface area contributed by atoms with Crippen molar-refractivity contribution < 1.29 is 19.2 Å². The number of aliphatic hydroxyl groups is 1. The van der Waals surface area contributed by atoms with Crippen LogP contribution < -0.4 is 15.2 Å². The molecule has 0 spiro atoms. The summed E-state index contributed by atoms with van der Waals surface area (Å²) in [6.07, 6.45) is 7.31. The minimum atomic E-state index is -0.932. The number of carbonyl (C=O) groups is 1. The molecular weight excluding hydrogens is 593 g/mol. The molecule has 4 N–H and O–H groups in total. The van der Waals surface area contributed by atoms with Gasteiger partial charge >= 0.3 is 0 Å². The summed E-state index contributed by atoms with van der Waals surface area (Å²) in [6, 6.07) is 11.1. The lowest BCUT2D eigenvalue weighted by molar-refractivity contribution is -0.110. The van der Waals surface area contributed by atoms with Crippen molar-refractivity contribution in [3.8, 4) is 17.0 Å². The quantitative estimate of drug-likeness (QED) is 0.150. The van der Waals surface area contributed by atoms with Crippen LogP contribution in [0.3, 0.4) is 0 Å². The first-order chi connectivity index (χ1) is 19.4. The fourth-order valence-electron chi connectivity index (χ4n) is 6.22. The van der Waals surface area contributed by atoms with Gasteiger partial charge in [-0.15, -0.1) is 12.8 Å². The van der Waals surface area contributed by atoms with E-state index in [-0.39, 0.29) is 12.6 Å². The van der Waals surface area contributed by atoms with Crippen molar-refractivity contribution >= 4 is 54.0 Å². The lowest BCUT2D eigenvalue weighted by Crippen LogP contribution is -2.44. The zero-order valence-corrected chi connectivity index (χ0v) is 24.9. The van der Waals surface area contributed by atoms with Crippen LogP contribution in [0.4, 0.5) is 0 Å². The Labute approximate surface area is 254 Å². The highest BCUT2D eigenvalue weighted by molar-refractivity contribution is 7.77. The number of rotatable bonds is 9. The third-order valence-electron chi connectivity index (χ3n) is 8.43. The standard InChI is InChI=1S/C29H29Cl3N2O4.H3NS/c30-23-2-1-3-24(31)26(23)27-21(28(38-34-27)16-4-5-16)14-37-20-8-9-22(25(32)11-20)29(36)12-18(13-29)17-6-7-19(10-17)33-15-35;1-2/h1-3,8-9,11,15-19,36H,4-7,10,12-14H2,(H,33,35);2H,1H2. The Morgan fingerprint density at radius 2 is 1.80 bits per heavy atom. The summed E-state index contributed by atoms with van der Waals surface area (Å²) in [4.78, 5) is 10.8. The molecule has 40 heavy (non-hydrogen) atoms. The Bertz CT molecular complexity index is 1340. The van der Waals surface area contributed by atoms with Gasteiger partial charge in [-0.2, -0.15) is 0 Å². The number of hydrogen-bond acceptors (Lipinski definition) is 7. The molecular formula is C29H32Cl3N3O4S. The number of halogens is 3. The maximum Gasteiger partial charge on any atom is 0.207 e. The van der Waals surface area contributed by atoms with E-state index in [1.165, 1.54) is 0 Å². The van der Waals surface area contributed by atoms with Crippen molar-refractivity contribution in [3.63, 3.8) is 0 Å². The highest BCUT2D eigenvalue weighted by atomic mass is 35.5. The number of thiol groups is 1. The van der Waals surface area contributed by atoms with Crippen LogP contribution in [-0.2, 0) is 17.0 Å². The SMILES string of the molecule is NS.O=CNC1CCC(C2CC(O)(c3ccc(OCc4c(-c5c(Cl)cccc5Cl)noc4C4CC4)cc3Cl)C2)C1. The molecule has 3 fully saturated rings. The number of ether oxygens (including phenoxy) is 1. The van der Waals surface area contributed by atoms with Gasteiger partial charge in [-0.25, -0.2) is 0 Å². The third-order valence-corrected chi connectivity index (χ3v) is 9.38. The predicted molar refractivity (Wildman–Crippen MR) is 160 cm³/mol. The van der Waals surface area contributed by atoms with Gasteiger partial charge in [-0.3, -0.25) is 9.93 Å². The lowest BCUT2D eigenvalue weighted by Gasteiger charge is -2.47. The number of nitrogens with two attached hydrogens (primary N) is 1. The second kappa shape index (κ2) is 12.5. The van der Waals surface area contributed by atoms with Gasteiger partial charge in [-0.1, -0.05) is 52.1 Å². The Morgan fingerprint density at radius 3 is 2.45 bits per heavy atom. The average Bonchev–Trinajstić information content (AvgIpc) is 3.52. The van der Waals surface area contributed by atoms with Crippen molar-refractivity contribution in [1.29, 1.82) is 0 Å². The van der Waals surface area contributed by atoms with E-state index < -0.39 is 5.60 Å². The molecule has 2 atom stereocenters. The van der Waals surface area contributed by atoms with Gasteiger partial charge in [-0.05, 0) is 81.0 Å². The van der Waals surface area contributed by atoms with Gasteiger partial charge in [0.15, 0.2) is 0 Å². The van der Waals surface area contributed by atoms with Crippen molar-refractivity contribution in [2.24, 2.45) is 17.0 Å². The maximum absolute atomic E-state index is 11.3. The van der Waals surface area contributed by atoms with Crippen molar-refractivity contribution in [1.82, 2.24) is 10.5 Å². The molecule has 0 radical (unpaired) electrons. The second-order valence-electron chi connectivity index (χ2n) is 10.9. The maximum atomic E-state index is 11.3. The van der Waals surface area contributed by atoms with E-state index in [2.05, 4.69) is 28.4 Å². The first kappa shape index (κ1) is 29.5. The van der Waals surface area contributed by atoms with Gasteiger partial charge in [0, 0.05) is 23.1 Å². The molecule has 6 rings (SSSR count). The third kappa shape index (κ3) is 5.98. The predicted octanol–water partition coefficient (Wildman–Crippen LogP) is 7.06. The van der Waals surface area contributed by atoms with Gasteiger partial charge in [0.05, 0.1) is 26.2 Å². The Morgan fingerprint density at radius 1 is 1.07 bits per heavy atom. The summed E-state index contributed by atoms with van der Waals surface area (Å²) in [5, 5.41) is 24.2. The largest absolute Gasteiger partial charge is 0.489 e. The molecule has 11 heteroatoms. The molecule has 1 amide bonds. The molecule has 3 aliphatic rings. The zero-order chi connectivity index (χ0) is 28.4. The molecule has 1 aromatic heterocycles. The Balaban J connectivity index is 0.00000158. The average molecular weight is 625 g/mol. The van der Waals surface area contributed by atoms with Gasteiger partial charge in [0.1, 0.15) is 23.8 Å². The van der Waals surface area contributed by atoms with E-state index in [0.717, 1.165) is 55.4 Å². The fourth-order valence-corrected chi connectivity index (χ4v) is 7.14. The lowest BCUT2D eigenvalue weighted by atomic mass is 9.62. The Hall–Kier alpha value is -1.94. The first-order valence-electron chi connectivity index (χ1n) is 13.4. The molecule has 214 valence electrons. The van der Waals surface area contributed by atoms with Crippen molar-refractivity contribution in [3.05, 3.63) is 68.4 Å². The number of aromatic nitrogens is 1. The van der Waals surface area contributed by atoms with E-state index in [4.69, 9.17) is 44.1 Å². The number of amides is 1. The second-order valence-corrected chi connectivity index (χ2v) is 12.2. The molecule has 0 bridgehead atoms. The van der Waals surface area contributed by atoms with E-state index >= 15 is 0 Å². The van der Waals surface area contributed by atoms with Crippen molar-refractivity contribution in [2.75, 3.05) is 0 Å². The van der Waals surface area contributed by atoms with Gasteiger partial charge in [0.25, 0.3) is 0 Å². The van der Waals surface area contributed by atoms with Crippen LogP contribution in [0.25, 0.3) is 11.3 Å². The normalized spacial score (nSPS) is 25.5. The molecule has 7 nitrogen and oxygen atoms in total. The first-order valence-corrected chi connectivity index (χ1v) is 15.0. The van der Waals surface area contributed by atoms with E-state index in [0.29, 0.717) is 62.7 Å². The topological polar surface area (TPSA) is 111 Å². The summed E-state index contributed by atoms with van der Waals surface area (Å²) in [5.74, 6) is 2.70. The van der Waals surface area contributed by atoms with Crippen LogP contribution in [0.15, 0.2) is 40.9 Å². The van der Waals surface area contributed by atoms with E-state index in [1.807, 2.05) is 12.1 Å². The molecule has 3 saturated carbocycles. The molecule has 2 unspecified atom stereocenters. The molecule has 1 heterocycles. The highest BCUT2D eigenvalue weighted by Gasteiger charge is 2.49. The van der Waals surface area contributed by atoms with E-state index in [9.17, 15) is 9.90 Å². The number of nitrogens with zero attached hydrogens (tertiary/aromatic N) is 1. The molecule has 3 aliphatic carbocycles. The summed E-state index contributed by atoms with van der Waals surface area (Å²) >= 11 is 22.6. The van der Waals surface area contributed by atoms with Crippen LogP contribution in [0.5, 0.6) is 5.75 Å². The minimum absolute atomic E-state index is 0.228. The smallest absolute Gasteiger partial charge is 0.207 e. The number of benzene rings is 2. The molecule has 2 aromatic carbocycles. The summed E-state index contributed by atoms with van der Waals surface area (Å²) in [5.41, 5.74) is 1.86. The highest BCUT2D eigenvalue weighted by Crippen LogP contribution is 2.54. The summed E-state index contributed by atoms with van der Waals surface area (Å²) in [6.45, 7) is 0.228. The van der Waals surface area contributed by atoms with Gasteiger partial charge < -0.3 is 19.7 Å². The number of hydrogen-bond donors (Lipinski definition) is 4. The van der Waals surface area contributed by atoms with Crippen LogP contribution in [0.2, 0.25) is 15.1 Å². The van der Waals surface area contributed by atoms with Crippen LogP contribution in [-0.4, -0.2) is 22.7 Å². The van der Waals surface area contributed by atoms with E-state index in [1.54, 1.807) is 24.3 Å². The minimum Gasteiger partial charge on any atom is -0.489 e. The number of carbonyl (C=O) groups excluding carboxylic acids is 1. The van der Waals surface area contributed by atoms with Crippen LogP contribution in [0, 0.1) is 11.8 Å². The van der Waals surface area contributed by atoms with Gasteiger partial charge in [0.2, 0.25) is 6.41 Å². The summed E-state index contributed by atoms with van der Waals surface area (Å²) < 4.78 is 11.9. The monoisotopic (exact) mass is 623 g/mol. The summed E-state index contributed by atoms with van der Waals surface area (Å²) in [7, 11) is 0. The Kier molecular flexibility index (Phi) is 9.24. The van der Waals surface area contributed by atoms with Crippen LogP contribution in [0.1, 0.15) is 67.8 Å². The number of nitrogens with one attached hydrogen (secondary N) is 1. The van der Waals surface area contributed by atoms with Crippen molar-refractivity contribution in [2.45, 2.75) is 69.1 Å². The van der Waals surface area contributed by atoms with Crippen LogP contribution >= 0.6 is 47.6 Å². The molecule has 3 aromatic rings. The fraction of sp³-hybridized carbons (Fsp3) is 0.448. The molecule has 0 aliphatic heterocycles. The molecule has 0 saturated heterocycles. The zero-order valence-electron chi connectivity index (χ0n) is 21.8.